The van der Waals surface area contributed by atoms with E-state index in [1.807, 2.05) is 42.5 Å². The number of benzene rings is 2. The molecule has 1 unspecified atom stereocenters. The van der Waals surface area contributed by atoms with Crippen LogP contribution in [0.15, 0.2) is 82.7 Å². The summed E-state index contributed by atoms with van der Waals surface area (Å²) >= 11 is 0. The van der Waals surface area contributed by atoms with Crippen molar-refractivity contribution in [1.82, 2.24) is 4.98 Å². The maximum absolute atomic E-state index is 12.3. The van der Waals surface area contributed by atoms with Crippen molar-refractivity contribution in [3.8, 4) is 0 Å². The Kier molecular flexibility index (Phi) is 5.53. The molecule has 0 aliphatic carbocycles. The SMILES string of the molecule is CS(=O)(=O)c1ccc(NC(c2ccccc2)c2ccccn2)c(S(C)(=O)=O)c1. The normalized spacial score (nSPS) is 13.1. The minimum absolute atomic E-state index is 0.0485. The van der Waals surface area contributed by atoms with E-state index in [0.29, 0.717) is 11.4 Å². The molecule has 0 fully saturated rings. The first-order valence-electron chi connectivity index (χ1n) is 8.43. The summed E-state index contributed by atoms with van der Waals surface area (Å²) in [6, 6.07) is 18.6. The van der Waals surface area contributed by atoms with Crippen molar-refractivity contribution in [2.24, 2.45) is 0 Å². The Morgan fingerprint density at radius 3 is 2.07 bits per heavy atom. The molecule has 0 spiro atoms. The second kappa shape index (κ2) is 7.73. The molecular formula is C20H20N2O4S2. The molecule has 1 N–H and O–H groups in total. The largest absolute Gasteiger partial charge is 0.372 e. The molecule has 146 valence electrons. The average Bonchev–Trinajstić information content (AvgIpc) is 2.66. The Morgan fingerprint density at radius 2 is 1.50 bits per heavy atom. The molecule has 0 aliphatic rings. The van der Waals surface area contributed by atoms with Crippen LogP contribution in [0.3, 0.4) is 0 Å². The van der Waals surface area contributed by atoms with Gasteiger partial charge in [0.2, 0.25) is 0 Å². The van der Waals surface area contributed by atoms with Crippen LogP contribution in [-0.2, 0) is 19.7 Å². The summed E-state index contributed by atoms with van der Waals surface area (Å²) in [6.07, 6.45) is 3.76. The Labute approximate surface area is 165 Å². The Hall–Kier alpha value is -2.71. The van der Waals surface area contributed by atoms with E-state index in [1.54, 1.807) is 12.3 Å². The number of anilines is 1. The maximum atomic E-state index is 12.3. The number of nitrogens with one attached hydrogen (secondary N) is 1. The number of nitrogens with zero attached hydrogens (tertiary/aromatic N) is 1. The molecule has 28 heavy (non-hydrogen) atoms. The highest BCUT2D eigenvalue weighted by atomic mass is 32.2. The van der Waals surface area contributed by atoms with Gasteiger partial charge in [-0.05, 0) is 35.9 Å². The molecule has 3 aromatic rings. The number of aromatic nitrogens is 1. The van der Waals surface area contributed by atoms with Gasteiger partial charge in [-0.1, -0.05) is 36.4 Å². The highest BCUT2D eigenvalue weighted by Gasteiger charge is 2.22. The van der Waals surface area contributed by atoms with Gasteiger partial charge in [0.1, 0.15) is 0 Å². The van der Waals surface area contributed by atoms with E-state index in [1.165, 1.54) is 18.2 Å². The standard InChI is InChI=1S/C20H20N2O4S2/c1-27(23,24)16-11-12-17(19(14-16)28(2,25)26)22-20(15-8-4-3-5-9-15)18-10-6-7-13-21-18/h3-14,20,22H,1-2H3. The first-order chi connectivity index (χ1) is 13.2. The van der Waals surface area contributed by atoms with Crippen molar-refractivity contribution in [1.29, 1.82) is 0 Å². The zero-order valence-corrected chi connectivity index (χ0v) is 17.0. The van der Waals surface area contributed by atoms with E-state index in [4.69, 9.17) is 0 Å². The van der Waals surface area contributed by atoms with Crippen LogP contribution in [-0.4, -0.2) is 34.3 Å². The van der Waals surface area contributed by atoms with Gasteiger partial charge in [-0.25, -0.2) is 16.8 Å². The molecule has 6 nitrogen and oxygen atoms in total. The predicted molar refractivity (Wildman–Crippen MR) is 109 cm³/mol. The lowest BCUT2D eigenvalue weighted by Gasteiger charge is -2.22. The fourth-order valence-corrected chi connectivity index (χ4v) is 4.42. The van der Waals surface area contributed by atoms with Crippen LogP contribution in [0.1, 0.15) is 17.3 Å². The molecule has 1 heterocycles. The third kappa shape index (κ3) is 4.58. The van der Waals surface area contributed by atoms with Gasteiger partial charge in [-0.15, -0.1) is 0 Å². The molecule has 0 saturated carbocycles. The molecule has 2 aromatic carbocycles. The highest BCUT2D eigenvalue weighted by molar-refractivity contribution is 7.91. The topological polar surface area (TPSA) is 93.2 Å². The lowest BCUT2D eigenvalue weighted by Crippen LogP contribution is -2.16. The molecule has 1 aromatic heterocycles. The lowest BCUT2D eigenvalue weighted by molar-refractivity contribution is 0.600. The van der Waals surface area contributed by atoms with E-state index in [-0.39, 0.29) is 9.79 Å². The van der Waals surface area contributed by atoms with Gasteiger partial charge in [-0.3, -0.25) is 4.98 Å². The van der Waals surface area contributed by atoms with Crippen molar-refractivity contribution in [2.75, 3.05) is 17.8 Å². The molecule has 0 saturated heterocycles. The predicted octanol–water partition coefficient (Wildman–Crippen LogP) is 3.09. The molecule has 0 amide bonds. The number of hydrogen-bond acceptors (Lipinski definition) is 6. The smallest absolute Gasteiger partial charge is 0.177 e. The summed E-state index contributed by atoms with van der Waals surface area (Å²) in [6.45, 7) is 0. The fraction of sp³-hybridized carbons (Fsp3) is 0.150. The van der Waals surface area contributed by atoms with Gasteiger partial charge in [0, 0.05) is 18.7 Å². The minimum atomic E-state index is -3.67. The summed E-state index contributed by atoms with van der Waals surface area (Å²) in [7, 11) is -7.21. The Morgan fingerprint density at radius 1 is 0.821 bits per heavy atom. The number of hydrogen-bond donors (Lipinski definition) is 1. The molecule has 8 heteroatoms. The van der Waals surface area contributed by atoms with Crippen molar-refractivity contribution in [3.05, 3.63) is 84.2 Å². The summed E-state index contributed by atoms with van der Waals surface area (Å²) in [5, 5.41) is 3.23. The third-order valence-electron chi connectivity index (χ3n) is 4.20. The average molecular weight is 417 g/mol. The lowest BCUT2D eigenvalue weighted by atomic mass is 10.0. The number of pyridine rings is 1. The van der Waals surface area contributed by atoms with Crippen LogP contribution >= 0.6 is 0 Å². The van der Waals surface area contributed by atoms with E-state index in [9.17, 15) is 16.8 Å². The van der Waals surface area contributed by atoms with Gasteiger partial charge in [0.15, 0.2) is 19.7 Å². The van der Waals surface area contributed by atoms with Gasteiger partial charge >= 0.3 is 0 Å². The monoisotopic (exact) mass is 416 g/mol. The van der Waals surface area contributed by atoms with Crippen LogP contribution in [0.2, 0.25) is 0 Å². The van der Waals surface area contributed by atoms with Crippen molar-refractivity contribution in [3.63, 3.8) is 0 Å². The maximum Gasteiger partial charge on any atom is 0.177 e. The minimum Gasteiger partial charge on any atom is -0.372 e. The molecule has 0 bridgehead atoms. The van der Waals surface area contributed by atoms with Gasteiger partial charge in [0.25, 0.3) is 0 Å². The number of rotatable bonds is 6. The van der Waals surface area contributed by atoms with Gasteiger partial charge in [0.05, 0.1) is 27.2 Å². The van der Waals surface area contributed by atoms with E-state index in [0.717, 1.165) is 18.1 Å². The zero-order chi connectivity index (χ0) is 20.4. The summed E-state index contributed by atoms with van der Waals surface area (Å²) in [5.74, 6) is 0. The Bertz CT molecular complexity index is 1140. The van der Waals surface area contributed by atoms with Crippen molar-refractivity contribution in [2.45, 2.75) is 15.8 Å². The van der Waals surface area contributed by atoms with Gasteiger partial charge in [-0.2, -0.15) is 0 Å². The van der Waals surface area contributed by atoms with Crippen LogP contribution in [0.4, 0.5) is 5.69 Å². The number of sulfone groups is 2. The van der Waals surface area contributed by atoms with E-state index in [2.05, 4.69) is 10.3 Å². The molecule has 0 radical (unpaired) electrons. The second-order valence-corrected chi connectivity index (χ2v) is 10.4. The van der Waals surface area contributed by atoms with Crippen LogP contribution < -0.4 is 5.32 Å². The van der Waals surface area contributed by atoms with Crippen LogP contribution in [0, 0.1) is 0 Å². The van der Waals surface area contributed by atoms with E-state index >= 15 is 0 Å². The molecule has 0 aliphatic heterocycles. The fourth-order valence-electron chi connectivity index (χ4n) is 2.84. The van der Waals surface area contributed by atoms with Crippen molar-refractivity contribution < 1.29 is 16.8 Å². The first-order valence-corrected chi connectivity index (χ1v) is 12.2. The summed E-state index contributed by atoms with van der Waals surface area (Å²) < 4.78 is 48.4. The first kappa shape index (κ1) is 20.0. The van der Waals surface area contributed by atoms with Crippen LogP contribution in [0.25, 0.3) is 0 Å². The summed E-state index contributed by atoms with van der Waals surface area (Å²) in [4.78, 5) is 4.27. The second-order valence-electron chi connectivity index (χ2n) is 6.44. The molecule has 1 atom stereocenters. The molecular weight excluding hydrogens is 396 g/mol. The van der Waals surface area contributed by atoms with Crippen LogP contribution in [0.5, 0.6) is 0 Å². The van der Waals surface area contributed by atoms with E-state index < -0.39 is 25.7 Å². The highest BCUT2D eigenvalue weighted by Crippen LogP contribution is 2.31. The van der Waals surface area contributed by atoms with Crippen molar-refractivity contribution >= 4 is 25.4 Å². The Balaban J connectivity index is 2.13. The quantitative estimate of drug-likeness (QED) is 0.664. The summed E-state index contributed by atoms with van der Waals surface area (Å²) in [5.41, 5.74) is 1.92. The third-order valence-corrected chi connectivity index (χ3v) is 6.44. The molecule has 3 rings (SSSR count). The van der Waals surface area contributed by atoms with Gasteiger partial charge < -0.3 is 5.32 Å². The zero-order valence-electron chi connectivity index (χ0n) is 15.4.